The molecule has 3 heterocycles. The van der Waals surface area contributed by atoms with Crippen molar-refractivity contribution in [2.75, 3.05) is 0 Å². The first-order chi connectivity index (χ1) is 27.9. The predicted molar refractivity (Wildman–Crippen MR) is 240 cm³/mol. The van der Waals surface area contributed by atoms with E-state index in [1.54, 1.807) is 10.8 Å². The van der Waals surface area contributed by atoms with Crippen LogP contribution in [0.15, 0.2) is 156 Å². The molecule has 0 spiro atoms. The van der Waals surface area contributed by atoms with E-state index in [-0.39, 0.29) is 20.1 Å². The summed E-state index contributed by atoms with van der Waals surface area (Å²) in [5.41, 5.74) is 11.6. The number of hydrogen-bond donors (Lipinski definition) is 0. The number of para-hydroxylation sites is 4. The van der Waals surface area contributed by atoms with Gasteiger partial charge in [-0.05, 0) is 53.0 Å². The first-order valence-electron chi connectivity index (χ1n) is 20.3. The van der Waals surface area contributed by atoms with Crippen molar-refractivity contribution < 1.29 is 24.5 Å². The number of aromatic nitrogens is 3. The second kappa shape index (κ2) is 17.2. The third-order valence-corrected chi connectivity index (χ3v) is 13.4. The van der Waals surface area contributed by atoms with Gasteiger partial charge in [-0.1, -0.05) is 153 Å². The van der Waals surface area contributed by atoms with Crippen LogP contribution in [-0.4, -0.2) is 22.6 Å². The zero-order valence-corrected chi connectivity index (χ0v) is 36.7. The number of rotatable bonds is 7. The molecule has 4 nitrogen and oxygen atoms in total. The fraction of sp³-hybridized carbons (Fsp3) is 0.192. The SMILES string of the molecule is C[Si](C)(C)c1cnc(-c2[c-]cccc2)cc1CC1CCCCC1.[Ir].[c-]1ccc2c(oc3ccccc32)c1-c1nc2ccccc2n1-c1ccccc1-c1ccccc1. The van der Waals surface area contributed by atoms with Crippen LogP contribution in [0.4, 0.5) is 0 Å². The Morgan fingerprint density at radius 1 is 0.724 bits per heavy atom. The smallest absolute Gasteiger partial charge is 0.120 e. The van der Waals surface area contributed by atoms with Gasteiger partial charge in [0.2, 0.25) is 0 Å². The van der Waals surface area contributed by atoms with Crippen LogP contribution in [0.1, 0.15) is 37.7 Å². The summed E-state index contributed by atoms with van der Waals surface area (Å²) in [7, 11) is -1.36. The average molecular weight is 950 g/mol. The number of furan rings is 1. The Balaban J connectivity index is 0.000000172. The Labute approximate surface area is 356 Å². The summed E-state index contributed by atoms with van der Waals surface area (Å²) in [6.07, 6.45) is 10.5. The van der Waals surface area contributed by atoms with Crippen LogP contribution in [-0.2, 0) is 26.5 Å². The van der Waals surface area contributed by atoms with Gasteiger partial charge in [0.25, 0.3) is 0 Å². The van der Waals surface area contributed by atoms with Gasteiger partial charge in [0.15, 0.2) is 0 Å². The number of hydrogen-bond acceptors (Lipinski definition) is 3. The van der Waals surface area contributed by atoms with E-state index in [0.29, 0.717) is 0 Å². The van der Waals surface area contributed by atoms with Crippen molar-refractivity contribution in [3.63, 3.8) is 0 Å². The van der Waals surface area contributed by atoms with Crippen molar-refractivity contribution in [1.82, 2.24) is 14.5 Å². The summed E-state index contributed by atoms with van der Waals surface area (Å²) < 4.78 is 8.59. The van der Waals surface area contributed by atoms with Crippen molar-refractivity contribution in [1.29, 1.82) is 0 Å². The molecule has 58 heavy (non-hydrogen) atoms. The summed E-state index contributed by atoms with van der Waals surface area (Å²) in [5, 5.41) is 3.71. The molecule has 1 radical (unpaired) electrons. The molecule has 1 aliphatic rings. The van der Waals surface area contributed by atoms with Gasteiger partial charge in [-0.15, -0.1) is 54.1 Å². The molecule has 0 N–H and O–H groups in total. The Hall–Kier alpha value is -5.39. The van der Waals surface area contributed by atoms with Gasteiger partial charge in [-0.3, -0.25) is 4.98 Å². The minimum absolute atomic E-state index is 0. The fourth-order valence-corrected chi connectivity index (χ4v) is 10.2. The Bertz CT molecular complexity index is 2800. The molecule has 0 atom stereocenters. The summed E-state index contributed by atoms with van der Waals surface area (Å²) in [6, 6.07) is 56.7. The van der Waals surface area contributed by atoms with E-state index in [9.17, 15) is 0 Å². The molecule has 0 unspecified atom stereocenters. The van der Waals surface area contributed by atoms with Gasteiger partial charge in [-0.25, -0.2) is 0 Å². The summed E-state index contributed by atoms with van der Waals surface area (Å²) in [6.45, 7) is 7.30. The van der Waals surface area contributed by atoms with Crippen molar-refractivity contribution in [2.45, 2.75) is 58.2 Å². The summed E-state index contributed by atoms with van der Waals surface area (Å²) in [4.78, 5) is 9.86. The van der Waals surface area contributed by atoms with E-state index in [4.69, 9.17) is 14.4 Å². The fourth-order valence-electron chi connectivity index (χ4n) is 8.57. The van der Waals surface area contributed by atoms with Crippen molar-refractivity contribution in [3.8, 4) is 39.5 Å². The maximum Gasteiger partial charge on any atom is 0.120 e. The van der Waals surface area contributed by atoms with Crippen molar-refractivity contribution >= 4 is 46.2 Å². The van der Waals surface area contributed by atoms with Gasteiger partial charge in [-0.2, -0.15) is 0 Å². The van der Waals surface area contributed by atoms with Crippen LogP contribution in [0.5, 0.6) is 0 Å². The molecular formula is C52H47IrN3OSi-2. The molecule has 6 heteroatoms. The maximum absolute atomic E-state index is 6.36. The van der Waals surface area contributed by atoms with E-state index >= 15 is 0 Å². The first kappa shape index (κ1) is 39.4. The molecule has 1 aliphatic carbocycles. The molecule has 0 aliphatic heterocycles. The average Bonchev–Trinajstić information content (AvgIpc) is 3.84. The summed E-state index contributed by atoms with van der Waals surface area (Å²) >= 11 is 0. The Morgan fingerprint density at radius 2 is 1.47 bits per heavy atom. The monoisotopic (exact) mass is 950 g/mol. The number of nitrogens with zero attached hydrogens (tertiary/aromatic N) is 3. The molecule has 6 aromatic carbocycles. The standard InChI is InChI=1S/C31H19N2O.C21H28NSi.Ir/c1-2-11-21(12-3-1)22-13-4-7-18-27(22)33-28-19-8-6-17-26(28)32-31(33)25-16-10-15-24-23-14-5-9-20-29(23)34-30(24)25;1-23(2,3)21-16-22-20(18-12-8-5-9-13-18)15-19(21)14-17-10-6-4-7-11-17;/h1-15,17-20H;5,8-9,12,15-17H,4,6-7,10-11,14H2,1-3H3;/q2*-1;. The van der Waals surface area contributed by atoms with E-state index < -0.39 is 8.07 Å². The number of benzene rings is 6. The van der Waals surface area contributed by atoms with Gasteiger partial charge >= 0.3 is 0 Å². The van der Waals surface area contributed by atoms with Crippen LogP contribution in [0, 0.1) is 18.1 Å². The zero-order chi connectivity index (χ0) is 38.8. The molecule has 10 rings (SSSR count). The van der Waals surface area contributed by atoms with Gasteiger partial charge < -0.3 is 14.0 Å². The van der Waals surface area contributed by atoms with Gasteiger partial charge in [0, 0.05) is 42.9 Å². The second-order valence-corrected chi connectivity index (χ2v) is 21.3. The molecule has 1 fully saturated rings. The topological polar surface area (TPSA) is 43.9 Å². The van der Waals surface area contributed by atoms with E-state index in [2.05, 4.69) is 140 Å². The number of pyridine rings is 1. The predicted octanol–water partition coefficient (Wildman–Crippen LogP) is 13.3. The molecule has 0 saturated heterocycles. The number of imidazole rings is 1. The summed E-state index contributed by atoms with van der Waals surface area (Å²) in [5.74, 6) is 1.68. The molecule has 3 aromatic heterocycles. The second-order valence-electron chi connectivity index (χ2n) is 16.3. The van der Waals surface area contributed by atoms with Crippen LogP contribution >= 0.6 is 0 Å². The van der Waals surface area contributed by atoms with Crippen molar-refractivity contribution in [3.05, 3.63) is 169 Å². The molecule has 9 aromatic rings. The minimum Gasteiger partial charge on any atom is -0.501 e. The zero-order valence-electron chi connectivity index (χ0n) is 33.3. The third kappa shape index (κ3) is 8.02. The largest absolute Gasteiger partial charge is 0.501 e. The third-order valence-electron chi connectivity index (χ3n) is 11.4. The van der Waals surface area contributed by atoms with Crippen LogP contribution in [0.25, 0.3) is 72.4 Å². The molecule has 291 valence electrons. The van der Waals surface area contributed by atoms with Crippen LogP contribution in [0.3, 0.4) is 0 Å². The Kier molecular flexibility index (Phi) is 11.7. The van der Waals surface area contributed by atoms with E-state index in [0.717, 1.165) is 78.3 Å². The van der Waals surface area contributed by atoms with Gasteiger partial charge in [0.1, 0.15) is 5.58 Å². The van der Waals surface area contributed by atoms with Crippen molar-refractivity contribution in [2.24, 2.45) is 5.92 Å². The van der Waals surface area contributed by atoms with Gasteiger partial charge in [0.05, 0.1) is 30.5 Å². The molecule has 1 saturated carbocycles. The maximum atomic E-state index is 6.36. The molecule has 0 amide bonds. The quantitative estimate of drug-likeness (QED) is 0.118. The number of fused-ring (bicyclic) bond motifs is 4. The first-order valence-corrected chi connectivity index (χ1v) is 23.8. The van der Waals surface area contributed by atoms with Crippen LogP contribution in [0.2, 0.25) is 19.6 Å². The molecular weight excluding hydrogens is 903 g/mol. The van der Waals surface area contributed by atoms with E-state index in [1.807, 2.05) is 48.5 Å². The Morgan fingerprint density at radius 3 is 2.28 bits per heavy atom. The van der Waals surface area contributed by atoms with Crippen LogP contribution < -0.4 is 5.19 Å². The molecule has 0 bridgehead atoms. The van der Waals surface area contributed by atoms with E-state index in [1.165, 1.54) is 38.5 Å². The normalized spacial score (nSPS) is 13.3. The minimum atomic E-state index is -1.36.